The van der Waals surface area contributed by atoms with Crippen LogP contribution in [0.4, 0.5) is 0 Å². The fourth-order valence-electron chi connectivity index (χ4n) is 1.00. The minimum Gasteiger partial charge on any atom is -0.480 e. The quantitative estimate of drug-likeness (QED) is 0.768. The van der Waals surface area contributed by atoms with Crippen LogP contribution in [-0.4, -0.2) is 22.4 Å². The Labute approximate surface area is 93.7 Å². The molecule has 4 heteroatoms. The zero-order valence-electron chi connectivity index (χ0n) is 8.86. The molecular weight excluding hydrogens is 210 g/mol. The first-order valence-corrected chi connectivity index (χ1v) is 5.62. The third kappa shape index (κ3) is 3.57. The number of rotatable bonds is 4. The number of thioether (sulfide) groups is 1. The van der Waals surface area contributed by atoms with Crippen LogP contribution in [0, 0.1) is 6.92 Å². The van der Waals surface area contributed by atoms with Gasteiger partial charge in [0.1, 0.15) is 5.54 Å². The lowest BCUT2D eigenvalue weighted by molar-refractivity contribution is -0.141. The zero-order chi connectivity index (χ0) is 11.5. The average molecular weight is 225 g/mol. The topological polar surface area (TPSA) is 63.3 Å². The minimum atomic E-state index is -1.17. The highest BCUT2D eigenvalue weighted by Crippen LogP contribution is 2.22. The predicted molar refractivity (Wildman–Crippen MR) is 62.1 cm³/mol. The first-order chi connectivity index (χ1) is 6.92. The molecule has 15 heavy (non-hydrogen) atoms. The minimum absolute atomic E-state index is 0.367. The number of carboxylic acids is 1. The number of hydrogen-bond acceptors (Lipinski definition) is 3. The Bertz CT molecular complexity index is 363. The van der Waals surface area contributed by atoms with Crippen LogP contribution < -0.4 is 5.73 Å². The van der Waals surface area contributed by atoms with Crippen LogP contribution in [0.2, 0.25) is 0 Å². The van der Waals surface area contributed by atoms with E-state index in [1.54, 1.807) is 0 Å². The molecule has 1 rings (SSSR count). The van der Waals surface area contributed by atoms with Crippen molar-refractivity contribution in [1.82, 2.24) is 0 Å². The van der Waals surface area contributed by atoms with Gasteiger partial charge in [0.15, 0.2) is 0 Å². The summed E-state index contributed by atoms with van der Waals surface area (Å²) in [7, 11) is 0. The van der Waals surface area contributed by atoms with Crippen molar-refractivity contribution in [3.8, 4) is 0 Å². The first-order valence-electron chi connectivity index (χ1n) is 4.63. The molecule has 0 aliphatic heterocycles. The largest absolute Gasteiger partial charge is 0.480 e. The van der Waals surface area contributed by atoms with Crippen LogP contribution in [0.15, 0.2) is 29.2 Å². The molecule has 3 N–H and O–H groups in total. The zero-order valence-corrected chi connectivity index (χ0v) is 9.67. The van der Waals surface area contributed by atoms with Gasteiger partial charge in [-0.15, -0.1) is 11.8 Å². The van der Waals surface area contributed by atoms with Gasteiger partial charge in [-0.3, -0.25) is 4.79 Å². The molecule has 0 bridgehead atoms. The predicted octanol–water partition coefficient (Wildman–Crippen LogP) is 1.89. The number of nitrogens with two attached hydrogens (primary N) is 1. The van der Waals surface area contributed by atoms with Crippen molar-refractivity contribution < 1.29 is 9.90 Å². The molecule has 0 aliphatic rings. The molecule has 1 aromatic carbocycles. The number of aryl methyl sites for hydroxylation is 1. The lowest BCUT2D eigenvalue weighted by atomic mass is 10.1. The Morgan fingerprint density at radius 2 is 2.27 bits per heavy atom. The molecule has 1 atom stereocenters. The highest BCUT2D eigenvalue weighted by Gasteiger charge is 2.27. The van der Waals surface area contributed by atoms with Crippen molar-refractivity contribution in [2.24, 2.45) is 5.73 Å². The van der Waals surface area contributed by atoms with Crippen LogP contribution in [0.25, 0.3) is 0 Å². The van der Waals surface area contributed by atoms with Crippen molar-refractivity contribution in [2.75, 3.05) is 5.75 Å². The van der Waals surface area contributed by atoms with Gasteiger partial charge in [-0.25, -0.2) is 0 Å². The van der Waals surface area contributed by atoms with Crippen LogP contribution in [-0.2, 0) is 4.79 Å². The van der Waals surface area contributed by atoms with E-state index in [1.807, 2.05) is 31.2 Å². The van der Waals surface area contributed by atoms with Crippen LogP contribution in [0.5, 0.6) is 0 Å². The molecule has 82 valence electrons. The SMILES string of the molecule is Cc1cccc(SCC(C)(N)C(=O)O)c1. The van der Waals surface area contributed by atoms with E-state index < -0.39 is 11.5 Å². The summed E-state index contributed by atoms with van der Waals surface area (Å²) in [6.45, 7) is 3.53. The van der Waals surface area contributed by atoms with Gasteiger partial charge >= 0.3 is 5.97 Å². The summed E-state index contributed by atoms with van der Waals surface area (Å²) < 4.78 is 0. The third-order valence-electron chi connectivity index (χ3n) is 2.02. The Balaban J connectivity index is 2.61. The van der Waals surface area contributed by atoms with Gasteiger partial charge in [-0.1, -0.05) is 17.7 Å². The van der Waals surface area contributed by atoms with Gasteiger partial charge in [0.2, 0.25) is 0 Å². The van der Waals surface area contributed by atoms with E-state index in [1.165, 1.54) is 18.7 Å². The summed E-state index contributed by atoms with van der Waals surface area (Å²) in [5.74, 6) is -0.603. The van der Waals surface area contributed by atoms with Gasteiger partial charge in [-0.2, -0.15) is 0 Å². The molecule has 0 spiro atoms. The number of hydrogen-bond donors (Lipinski definition) is 2. The van der Waals surface area contributed by atoms with Gasteiger partial charge < -0.3 is 10.8 Å². The molecular formula is C11H15NO2S. The maximum absolute atomic E-state index is 10.8. The fourth-order valence-corrected chi connectivity index (χ4v) is 2.03. The highest BCUT2D eigenvalue weighted by atomic mass is 32.2. The molecule has 0 fully saturated rings. The molecule has 0 saturated heterocycles. The Kier molecular flexibility index (Phi) is 3.77. The van der Waals surface area contributed by atoms with Crippen LogP contribution >= 0.6 is 11.8 Å². The van der Waals surface area contributed by atoms with Crippen molar-refractivity contribution >= 4 is 17.7 Å². The van der Waals surface area contributed by atoms with E-state index in [0.717, 1.165) is 10.5 Å². The summed E-state index contributed by atoms with van der Waals surface area (Å²) in [4.78, 5) is 11.8. The number of benzene rings is 1. The van der Waals surface area contributed by atoms with Crippen molar-refractivity contribution in [3.05, 3.63) is 29.8 Å². The Hall–Kier alpha value is -1.00. The smallest absolute Gasteiger partial charge is 0.324 e. The monoisotopic (exact) mass is 225 g/mol. The lowest BCUT2D eigenvalue weighted by Gasteiger charge is -2.18. The van der Waals surface area contributed by atoms with E-state index in [-0.39, 0.29) is 0 Å². The average Bonchev–Trinajstić information content (AvgIpc) is 2.15. The molecule has 0 saturated carbocycles. The van der Waals surface area contributed by atoms with E-state index in [9.17, 15) is 4.79 Å². The van der Waals surface area contributed by atoms with Crippen molar-refractivity contribution in [2.45, 2.75) is 24.3 Å². The lowest BCUT2D eigenvalue weighted by Crippen LogP contribution is -2.47. The molecule has 0 amide bonds. The van der Waals surface area contributed by atoms with E-state index in [2.05, 4.69) is 0 Å². The van der Waals surface area contributed by atoms with E-state index >= 15 is 0 Å². The fraction of sp³-hybridized carbons (Fsp3) is 0.364. The molecule has 1 unspecified atom stereocenters. The maximum Gasteiger partial charge on any atom is 0.324 e. The standard InChI is InChI=1S/C11H15NO2S/c1-8-4-3-5-9(6-8)15-7-11(2,12)10(13)14/h3-6H,7,12H2,1-2H3,(H,13,14). The Morgan fingerprint density at radius 3 is 2.80 bits per heavy atom. The number of carbonyl (C=O) groups is 1. The normalized spacial score (nSPS) is 14.6. The second kappa shape index (κ2) is 4.68. The molecule has 0 radical (unpaired) electrons. The van der Waals surface area contributed by atoms with Crippen LogP contribution in [0.3, 0.4) is 0 Å². The molecule has 0 heterocycles. The summed E-state index contributed by atoms with van der Waals surface area (Å²) in [5, 5.41) is 8.84. The second-order valence-electron chi connectivity index (χ2n) is 3.83. The summed E-state index contributed by atoms with van der Waals surface area (Å²) >= 11 is 1.46. The van der Waals surface area contributed by atoms with Crippen molar-refractivity contribution in [3.63, 3.8) is 0 Å². The Morgan fingerprint density at radius 1 is 1.60 bits per heavy atom. The molecule has 0 aromatic heterocycles. The van der Waals surface area contributed by atoms with Gasteiger partial charge in [-0.05, 0) is 26.0 Å². The first kappa shape index (κ1) is 12.1. The highest BCUT2D eigenvalue weighted by molar-refractivity contribution is 7.99. The van der Waals surface area contributed by atoms with Crippen LogP contribution in [0.1, 0.15) is 12.5 Å². The van der Waals surface area contributed by atoms with Gasteiger partial charge in [0, 0.05) is 10.6 Å². The second-order valence-corrected chi connectivity index (χ2v) is 4.88. The third-order valence-corrected chi connectivity index (χ3v) is 3.35. The number of carboxylic acid groups (broad SMARTS) is 1. The molecule has 1 aromatic rings. The summed E-state index contributed by atoms with van der Waals surface area (Å²) in [5.41, 5.74) is 5.61. The van der Waals surface area contributed by atoms with Gasteiger partial charge in [0.25, 0.3) is 0 Å². The summed E-state index contributed by atoms with van der Waals surface area (Å²) in [6.07, 6.45) is 0. The van der Waals surface area contributed by atoms with Gasteiger partial charge in [0.05, 0.1) is 0 Å². The molecule has 0 aliphatic carbocycles. The van der Waals surface area contributed by atoms with E-state index in [4.69, 9.17) is 10.8 Å². The summed E-state index contributed by atoms with van der Waals surface area (Å²) in [6, 6.07) is 7.92. The van der Waals surface area contributed by atoms with Crippen molar-refractivity contribution in [1.29, 1.82) is 0 Å². The number of aliphatic carboxylic acids is 1. The van der Waals surface area contributed by atoms with E-state index in [0.29, 0.717) is 5.75 Å². The maximum atomic E-state index is 10.8. The molecule has 3 nitrogen and oxygen atoms in total.